The third-order valence-electron chi connectivity index (χ3n) is 11.7. The fraction of sp³-hybridized carbons (Fsp3) is 0.292. The SMILES string of the molecule is Cc1cccc2c1-c1ccc(N(c3cc4ccccc4cc3-c3ccccc3C(C)(C)C)C3CCC(c4ccccc4)CC3)cc1C2(C)C. The molecule has 6 aromatic rings. The summed E-state index contributed by atoms with van der Waals surface area (Å²) >= 11 is 0. The second-order valence-corrected chi connectivity index (χ2v) is 16.2. The van der Waals surface area contributed by atoms with E-state index in [9.17, 15) is 0 Å². The molecule has 0 spiro atoms. The van der Waals surface area contributed by atoms with Crippen LogP contribution in [0.25, 0.3) is 33.0 Å². The third-order valence-corrected chi connectivity index (χ3v) is 11.7. The van der Waals surface area contributed by atoms with Crippen molar-refractivity contribution in [3.8, 4) is 22.3 Å². The molecule has 1 fully saturated rings. The van der Waals surface area contributed by atoms with Gasteiger partial charge in [0.1, 0.15) is 0 Å². The Morgan fingerprint density at radius 3 is 2.00 bits per heavy atom. The molecule has 0 radical (unpaired) electrons. The number of hydrogen-bond donors (Lipinski definition) is 0. The monoisotopic (exact) mass is 639 g/mol. The van der Waals surface area contributed by atoms with Crippen LogP contribution in [0.5, 0.6) is 0 Å². The van der Waals surface area contributed by atoms with Crippen molar-refractivity contribution in [1.29, 1.82) is 0 Å². The lowest BCUT2D eigenvalue weighted by Gasteiger charge is -2.40. The molecule has 0 amide bonds. The van der Waals surface area contributed by atoms with Crippen LogP contribution in [0.4, 0.5) is 11.4 Å². The Morgan fingerprint density at radius 1 is 0.592 bits per heavy atom. The van der Waals surface area contributed by atoms with Gasteiger partial charge in [-0.1, -0.05) is 138 Å². The molecular weight excluding hydrogens is 591 g/mol. The highest BCUT2D eigenvalue weighted by Crippen LogP contribution is 2.53. The smallest absolute Gasteiger partial charge is 0.0499 e. The predicted molar refractivity (Wildman–Crippen MR) is 210 cm³/mol. The molecule has 6 aromatic carbocycles. The first kappa shape index (κ1) is 31.6. The molecule has 0 saturated heterocycles. The van der Waals surface area contributed by atoms with Crippen molar-refractivity contribution < 1.29 is 0 Å². The Labute approximate surface area is 293 Å². The second kappa shape index (κ2) is 12.1. The molecule has 0 aliphatic heterocycles. The number of hydrogen-bond acceptors (Lipinski definition) is 1. The lowest BCUT2D eigenvalue weighted by molar-refractivity contribution is 0.392. The van der Waals surface area contributed by atoms with Gasteiger partial charge in [-0.3, -0.25) is 0 Å². The van der Waals surface area contributed by atoms with Crippen molar-refractivity contribution in [1.82, 2.24) is 0 Å². The van der Waals surface area contributed by atoms with E-state index in [0.717, 1.165) is 12.8 Å². The van der Waals surface area contributed by atoms with Gasteiger partial charge in [-0.15, -0.1) is 0 Å². The number of nitrogens with zero attached hydrogens (tertiary/aromatic N) is 1. The van der Waals surface area contributed by atoms with E-state index in [1.807, 2.05) is 0 Å². The summed E-state index contributed by atoms with van der Waals surface area (Å²) in [5, 5.41) is 2.58. The van der Waals surface area contributed by atoms with Crippen molar-refractivity contribution in [2.45, 2.75) is 90.0 Å². The zero-order valence-corrected chi connectivity index (χ0v) is 30.1. The molecule has 1 saturated carbocycles. The first-order valence-corrected chi connectivity index (χ1v) is 18.3. The third kappa shape index (κ3) is 5.48. The van der Waals surface area contributed by atoms with Gasteiger partial charge in [-0.25, -0.2) is 0 Å². The Morgan fingerprint density at radius 2 is 1.27 bits per heavy atom. The summed E-state index contributed by atoms with van der Waals surface area (Å²) in [6.45, 7) is 14.1. The summed E-state index contributed by atoms with van der Waals surface area (Å²) in [5.41, 5.74) is 15.2. The second-order valence-electron chi connectivity index (χ2n) is 16.2. The molecule has 0 heterocycles. The Balaban J connectivity index is 1.33. The van der Waals surface area contributed by atoms with Crippen molar-refractivity contribution in [3.05, 3.63) is 155 Å². The molecule has 246 valence electrons. The standard InChI is InChI=1S/C48H49N/c1-32-15-14-22-43-46(32)40-28-27-38(31-44(40)48(43,5)6)49(37-25-23-34(24-26-37)33-16-8-7-9-17-33)45-30-36-19-11-10-18-35(36)29-41(45)39-20-12-13-21-42(39)47(2,3)4/h7-22,27-31,34,37H,23-26H2,1-6H3. The average molecular weight is 640 g/mol. The molecule has 0 N–H and O–H groups in total. The summed E-state index contributed by atoms with van der Waals surface area (Å²) in [7, 11) is 0. The summed E-state index contributed by atoms with van der Waals surface area (Å²) in [6.07, 6.45) is 4.72. The minimum Gasteiger partial charge on any atom is -0.338 e. The van der Waals surface area contributed by atoms with Gasteiger partial charge in [0.25, 0.3) is 0 Å². The fourth-order valence-corrected chi connectivity index (χ4v) is 9.06. The molecule has 0 atom stereocenters. The highest BCUT2D eigenvalue weighted by molar-refractivity contribution is 5.97. The predicted octanol–water partition coefficient (Wildman–Crippen LogP) is 13.3. The van der Waals surface area contributed by atoms with E-state index >= 15 is 0 Å². The molecule has 2 aliphatic rings. The van der Waals surface area contributed by atoms with Crippen LogP contribution in [0.1, 0.15) is 94.0 Å². The summed E-state index contributed by atoms with van der Waals surface area (Å²) in [5.74, 6) is 0.619. The highest BCUT2D eigenvalue weighted by atomic mass is 15.2. The maximum atomic E-state index is 2.76. The van der Waals surface area contributed by atoms with Gasteiger partial charge in [0.15, 0.2) is 0 Å². The Kier molecular flexibility index (Phi) is 7.79. The molecule has 1 nitrogen and oxygen atoms in total. The molecule has 8 rings (SSSR count). The van der Waals surface area contributed by atoms with Crippen LogP contribution in [-0.4, -0.2) is 6.04 Å². The Bertz CT molecular complexity index is 2150. The van der Waals surface area contributed by atoms with Crippen LogP contribution >= 0.6 is 0 Å². The van der Waals surface area contributed by atoms with E-state index in [4.69, 9.17) is 0 Å². The van der Waals surface area contributed by atoms with Gasteiger partial charge in [0.05, 0.1) is 0 Å². The lowest BCUT2D eigenvalue weighted by atomic mass is 9.79. The van der Waals surface area contributed by atoms with Crippen LogP contribution in [0.15, 0.2) is 127 Å². The summed E-state index contributed by atoms with van der Waals surface area (Å²) in [6, 6.07) is 48.8. The van der Waals surface area contributed by atoms with Crippen LogP contribution in [0.2, 0.25) is 0 Å². The molecule has 0 aromatic heterocycles. The van der Waals surface area contributed by atoms with Crippen LogP contribution in [-0.2, 0) is 10.8 Å². The molecule has 2 aliphatic carbocycles. The van der Waals surface area contributed by atoms with E-state index in [1.165, 1.54) is 85.1 Å². The zero-order valence-electron chi connectivity index (χ0n) is 30.1. The van der Waals surface area contributed by atoms with Gasteiger partial charge in [-0.05, 0) is 123 Å². The zero-order chi connectivity index (χ0) is 33.9. The minimum absolute atomic E-state index is 0.0132. The minimum atomic E-state index is -0.0611. The summed E-state index contributed by atoms with van der Waals surface area (Å²) < 4.78 is 0. The average Bonchev–Trinajstić information content (AvgIpc) is 3.35. The molecule has 1 heteroatoms. The van der Waals surface area contributed by atoms with Crippen LogP contribution in [0.3, 0.4) is 0 Å². The molecule has 0 bridgehead atoms. The van der Waals surface area contributed by atoms with E-state index < -0.39 is 0 Å². The lowest BCUT2D eigenvalue weighted by Crippen LogP contribution is -2.35. The number of benzene rings is 6. The fourth-order valence-electron chi connectivity index (χ4n) is 9.06. The molecule has 49 heavy (non-hydrogen) atoms. The topological polar surface area (TPSA) is 3.24 Å². The maximum absolute atomic E-state index is 2.76. The summed E-state index contributed by atoms with van der Waals surface area (Å²) in [4.78, 5) is 2.76. The first-order chi connectivity index (χ1) is 23.6. The molecule has 0 unspecified atom stereocenters. The molecular formula is C48H49N. The van der Waals surface area contributed by atoms with Gasteiger partial charge in [0.2, 0.25) is 0 Å². The Hall–Kier alpha value is -4.62. The van der Waals surface area contributed by atoms with Crippen molar-refractivity contribution in [3.63, 3.8) is 0 Å². The normalized spacial score (nSPS) is 18.2. The van der Waals surface area contributed by atoms with E-state index in [-0.39, 0.29) is 10.8 Å². The van der Waals surface area contributed by atoms with Crippen molar-refractivity contribution in [2.24, 2.45) is 0 Å². The number of rotatable bonds is 5. The van der Waals surface area contributed by atoms with Crippen LogP contribution < -0.4 is 4.90 Å². The number of aryl methyl sites for hydroxylation is 1. The number of anilines is 2. The van der Waals surface area contributed by atoms with Gasteiger partial charge in [-0.2, -0.15) is 0 Å². The van der Waals surface area contributed by atoms with Gasteiger partial charge in [0, 0.05) is 28.4 Å². The first-order valence-electron chi connectivity index (χ1n) is 18.3. The quantitative estimate of drug-likeness (QED) is 0.181. The van der Waals surface area contributed by atoms with E-state index in [0.29, 0.717) is 12.0 Å². The van der Waals surface area contributed by atoms with Gasteiger partial charge >= 0.3 is 0 Å². The largest absolute Gasteiger partial charge is 0.338 e. The van der Waals surface area contributed by atoms with E-state index in [1.54, 1.807) is 0 Å². The number of fused-ring (bicyclic) bond motifs is 4. The van der Waals surface area contributed by atoms with Gasteiger partial charge < -0.3 is 4.90 Å². The highest BCUT2D eigenvalue weighted by Gasteiger charge is 2.38. The van der Waals surface area contributed by atoms with E-state index in [2.05, 4.69) is 174 Å². The van der Waals surface area contributed by atoms with Crippen LogP contribution in [0, 0.1) is 6.92 Å². The maximum Gasteiger partial charge on any atom is 0.0499 e. The van der Waals surface area contributed by atoms with Crippen molar-refractivity contribution in [2.75, 3.05) is 4.90 Å². The van der Waals surface area contributed by atoms with Crippen molar-refractivity contribution >= 4 is 22.1 Å².